The van der Waals surface area contributed by atoms with Crippen molar-refractivity contribution in [1.29, 1.82) is 0 Å². The SMILES string of the molecule is CS(=O)(=O)C(CCC(=O)O)NCc1ccccc1. The highest BCUT2D eigenvalue weighted by atomic mass is 32.2. The topological polar surface area (TPSA) is 83.5 Å². The van der Waals surface area contributed by atoms with Crippen molar-refractivity contribution >= 4 is 15.8 Å². The van der Waals surface area contributed by atoms with Crippen LogP contribution in [0, 0.1) is 0 Å². The second-order valence-corrected chi connectivity index (χ2v) is 6.35. The Balaban J connectivity index is 2.60. The van der Waals surface area contributed by atoms with Gasteiger partial charge in [-0.2, -0.15) is 0 Å². The van der Waals surface area contributed by atoms with E-state index >= 15 is 0 Å². The number of aliphatic carboxylic acids is 1. The smallest absolute Gasteiger partial charge is 0.303 e. The number of hydrogen-bond donors (Lipinski definition) is 2. The number of benzene rings is 1. The molecule has 0 spiro atoms. The fourth-order valence-corrected chi connectivity index (χ4v) is 2.48. The molecule has 0 aliphatic carbocycles. The van der Waals surface area contributed by atoms with Gasteiger partial charge in [-0.15, -0.1) is 0 Å². The first-order chi connectivity index (χ1) is 8.39. The van der Waals surface area contributed by atoms with Crippen molar-refractivity contribution in [3.63, 3.8) is 0 Å². The second kappa shape index (κ2) is 6.51. The van der Waals surface area contributed by atoms with Crippen molar-refractivity contribution in [1.82, 2.24) is 5.32 Å². The molecule has 5 nitrogen and oxygen atoms in total. The Hall–Kier alpha value is -1.40. The molecule has 1 atom stereocenters. The summed E-state index contributed by atoms with van der Waals surface area (Å²) in [6, 6.07) is 9.36. The molecule has 2 N–H and O–H groups in total. The molecule has 0 fully saturated rings. The van der Waals surface area contributed by atoms with Gasteiger partial charge in [0.2, 0.25) is 0 Å². The molecule has 0 amide bonds. The average Bonchev–Trinajstić information content (AvgIpc) is 2.28. The van der Waals surface area contributed by atoms with E-state index in [1.54, 1.807) is 0 Å². The normalized spacial score (nSPS) is 13.2. The maximum absolute atomic E-state index is 11.5. The molecule has 0 saturated heterocycles. The minimum Gasteiger partial charge on any atom is -0.481 e. The summed E-state index contributed by atoms with van der Waals surface area (Å²) in [4.78, 5) is 10.5. The van der Waals surface area contributed by atoms with Crippen molar-refractivity contribution < 1.29 is 18.3 Å². The molecule has 100 valence electrons. The zero-order valence-corrected chi connectivity index (χ0v) is 11.0. The monoisotopic (exact) mass is 271 g/mol. The van der Waals surface area contributed by atoms with Gasteiger partial charge in [-0.3, -0.25) is 10.1 Å². The van der Waals surface area contributed by atoms with E-state index < -0.39 is 21.2 Å². The standard InChI is InChI=1S/C12H17NO4S/c1-18(16,17)11(7-8-12(14)15)13-9-10-5-3-2-4-6-10/h2-6,11,13H,7-9H2,1H3,(H,14,15). The quantitative estimate of drug-likeness (QED) is 0.773. The highest BCUT2D eigenvalue weighted by Gasteiger charge is 2.20. The molecule has 18 heavy (non-hydrogen) atoms. The predicted molar refractivity (Wildman–Crippen MR) is 68.8 cm³/mol. The zero-order chi connectivity index (χ0) is 13.6. The van der Waals surface area contributed by atoms with Gasteiger partial charge in [-0.25, -0.2) is 8.42 Å². The fraction of sp³-hybridized carbons (Fsp3) is 0.417. The number of nitrogens with one attached hydrogen (secondary N) is 1. The lowest BCUT2D eigenvalue weighted by Gasteiger charge is -2.16. The molecule has 1 unspecified atom stereocenters. The Morgan fingerprint density at radius 1 is 1.33 bits per heavy atom. The van der Waals surface area contributed by atoms with Crippen molar-refractivity contribution in [2.24, 2.45) is 0 Å². The van der Waals surface area contributed by atoms with E-state index in [9.17, 15) is 13.2 Å². The minimum absolute atomic E-state index is 0.0704. The van der Waals surface area contributed by atoms with Crippen LogP contribution in [-0.4, -0.2) is 31.1 Å². The summed E-state index contributed by atoms with van der Waals surface area (Å²) < 4.78 is 23.0. The maximum atomic E-state index is 11.5. The largest absolute Gasteiger partial charge is 0.481 e. The van der Waals surface area contributed by atoms with Gasteiger partial charge >= 0.3 is 5.97 Å². The number of carbonyl (C=O) groups is 1. The van der Waals surface area contributed by atoms with Crippen LogP contribution in [0.25, 0.3) is 0 Å². The summed E-state index contributed by atoms with van der Waals surface area (Å²) in [5.74, 6) is -0.995. The van der Waals surface area contributed by atoms with Crippen molar-refractivity contribution in [3.8, 4) is 0 Å². The number of carboxylic acids is 1. The molecule has 1 rings (SSSR count). The summed E-state index contributed by atoms with van der Waals surface area (Å²) in [6.45, 7) is 0.401. The Morgan fingerprint density at radius 2 is 1.94 bits per heavy atom. The van der Waals surface area contributed by atoms with Gasteiger partial charge in [-0.05, 0) is 12.0 Å². The molecule has 0 aliphatic heterocycles. The van der Waals surface area contributed by atoms with Crippen LogP contribution in [0.3, 0.4) is 0 Å². The number of carboxylic acid groups (broad SMARTS) is 1. The first-order valence-electron chi connectivity index (χ1n) is 5.57. The van der Waals surface area contributed by atoms with Crippen LogP contribution in [0.15, 0.2) is 30.3 Å². The van der Waals surface area contributed by atoms with Crippen molar-refractivity contribution in [3.05, 3.63) is 35.9 Å². The van der Waals surface area contributed by atoms with Crippen LogP contribution >= 0.6 is 0 Å². The van der Waals surface area contributed by atoms with E-state index in [1.807, 2.05) is 30.3 Å². The Morgan fingerprint density at radius 3 is 2.44 bits per heavy atom. The van der Waals surface area contributed by atoms with Crippen LogP contribution in [-0.2, 0) is 21.2 Å². The third-order valence-corrected chi connectivity index (χ3v) is 3.95. The number of rotatable bonds is 7. The average molecular weight is 271 g/mol. The lowest BCUT2D eigenvalue weighted by molar-refractivity contribution is -0.137. The summed E-state index contributed by atoms with van der Waals surface area (Å²) >= 11 is 0. The molecule has 6 heteroatoms. The van der Waals surface area contributed by atoms with Crippen LogP contribution in [0.1, 0.15) is 18.4 Å². The lowest BCUT2D eigenvalue weighted by Crippen LogP contribution is -2.36. The van der Waals surface area contributed by atoms with Crippen LogP contribution in [0.5, 0.6) is 0 Å². The third-order valence-electron chi connectivity index (χ3n) is 2.51. The van der Waals surface area contributed by atoms with E-state index in [4.69, 9.17) is 5.11 Å². The summed E-state index contributed by atoms with van der Waals surface area (Å²) in [6.07, 6.45) is 1.01. The van der Waals surface area contributed by atoms with Gasteiger partial charge in [0.25, 0.3) is 0 Å². The minimum atomic E-state index is -3.31. The van der Waals surface area contributed by atoms with Crippen LogP contribution in [0.4, 0.5) is 0 Å². The molecule has 1 aromatic carbocycles. The number of sulfone groups is 1. The van der Waals surface area contributed by atoms with Gasteiger partial charge in [0.05, 0.1) is 0 Å². The van der Waals surface area contributed by atoms with E-state index in [-0.39, 0.29) is 12.8 Å². The molecule has 0 saturated carbocycles. The van der Waals surface area contributed by atoms with E-state index in [1.165, 1.54) is 0 Å². The molecular weight excluding hydrogens is 254 g/mol. The summed E-state index contributed by atoms with van der Waals surface area (Å²) in [7, 11) is -3.31. The molecule has 0 bridgehead atoms. The second-order valence-electron chi connectivity index (χ2n) is 4.12. The van der Waals surface area contributed by atoms with E-state index in [0.29, 0.717) is 6.54 Å². The molecule has 0 aromatic heterocycles. The zero-order valence-electron chi connectivity index (χ0n) is 10.2. The molecule has 1 aromatic rings. The van der Waals surface area contributed by atoms with E-state index in [2.05, 4.69) is 5.32 Å². The summed E-state index contributed by atoms with van der Waals surface area (Å²) in [5, 5.41) is 10.6. The van der Waals surface area contributed by atoms with Crippen LogP contribution < -0.4 is 5.32 Å². The maximum Gasteiger partial charge on any atom is 0.303 e. The fourth-order valence-electron chi connectivity index (χ4n) is 1.55. The van der Waals surface area contributed by atoms with Gasteiger partial charge in [-0.1, -0.05) is 30.3 Å². The van der Waals surface area contributed by atoms with E-state index in [0.717, 1.165) is 11.8 Å². The van der Waals surface area contributed by atoms with Crippen molar-refractivity contribution in [2.75, 3.05) is 6.26 Å². The Bertz CT molecular complexity index is 484. The van der Waals surface area contributed by atoms with Gasteiger partial charge in [0.1, 0.15) is 5.37 Å². The number of hydrogen-bond acceptors (Lipinski definition) is 4. The summed E-state index contributed by atoms with van der Waals surface area (Å²) in [5.41, 5.74) is 0.960. The lowest BCUT2D eigenvalue weighted by atomic mass is 10.2. The molecule has 0 heterocycles. The Kier molecular flexibility index (Phi) is 5.30. The van der Waals surface area contributed by atoms with Gasteiger partial charge in [0, 0.05) is 19.2 Å². The van der Waals surface area contributed by atoms with Gasteiger partial charge < -0.3 is 5.11 Å². The van der Waals surface area contributed by atoms with Crippen LogP contribution in [0.2, 0.25) is 0 Å². The van der Waals surface area contributed by atoms with Gasteiger partial charge in [0.15, 0.2) is 9.84 Å². The molecular formula is C12H17NO4S. The highest BCUT2D eigenvalue weighted by molar-refractivity contribution is 7.91. The molecule has 0 radical (unpaired) electrons. The highest BCUT2D eigenvalue weighted by Crippen LogP contribution is 2.07. The predicted octanol–water partition coefficient (Wildman–Crippen LogP) is 1.01. The third kappa shape index (κ3) is 5.29. The first kappa shape index (κ1) is 14.7. The Labute approximate surface area is 107 Å². The first-order valence-corrected chi connectivity index (χ1v) is 7.53. The van der Waals surface area contributed by atoms with Crippen molar-refractivity contribution in [2.45, 2.75) is 24.8 Å². The molecule has 0 aliphatic rings.